The third-order valence-corrected chi connectivity index (χ3v) is 6.82. The summed E-state index contributed by atoms with van der Waals surface area (Å²) in [6, 6.07) is 7.83. The van der Waals surface area contributed by atoms with Gasteiger partial charge in [-0.3, -0.25) is 0 Å². The summed E-state index contributed by atoms with van der Waals surface area (Å²) in [6.07, 6.45) is 9.51. The number of hydrogen-bond acceptors (Lipinski definition) is 6. The maximum atomic E-state index is 8.91. The molecule has 1 fully saturated rings. The standard InChI is InChI=1S/C19H20ClN7.C6H12O/c1-11-13(9-21)10-27(25-11)17-6-7-22-19(24-17)23-14-4-5-16-15(8-14)18(20)12(2)26(16)3;7-6-4-2-1-3-5-6/h4-8,10H,9,21H2,1-3H3,(H,22,23,24);6-7H,1-5H2. The molecule has 1 aromatic carbocycles. The summed E-state index contributed by atoms with van der Waals surface area (Å²) in [5, 5.41) is 18.4. The molecule has 0 saturated heterocycles. The van der Waals surface area contributed by atoms with E-state index in [9.17, 15) is 0 Å². The molecule has 1 aliphatic carbocycles. The number of rotatable bonds is 4. The van der Waals surface area contributed by atoms with Crippen LogP contribution in [-0.4, -0.2) is 35.5 Å². The number of aromatic nitrogens is 5. The zero-order valence-electron chi connectivity index (χ0n) is 19.9. The van der Waals surface area contributed by atoms with E-state index in [0.29, 0.717) is 18.3 Å². The van der Waals surface area contributed by atoms with Crippen molar-refractivity contribution in [3.8, 4) is 5.82 Å². The van der Waals surface area contributed by atoms with Crippen LogP contribution >= 0.6 is 11.6 Å². The summed E-state index contributed by atoms with van der Waals surface area (Å²) in [5.41, 5.74) is 10.6. The molecule has 0 aliphatic heterocycles. The van der Waals surface area contributed by atoms with E-state index in [1.807, 2.05) is 45.3 Å². The molecule has 9 heteroatoms. The molecule has 180 valence electrons. The summed E-state index contributed by atoms with van der Waals surface area (Å²) in [7, 11) is 2.00. The van der Waals surface area contributed by atoms with Gasteiger partial charge in [0.05, 0.1) is 16.8 Å². The Morgan fingerprint density at radius 1 is 1.18 bits per heavy atom. The van der Waals surface area contributed by atoms with Gasteiger partial charge in [-0.15, -0.1) is 0 Å². The van der Waals surface area contributed by atoms with Gasteiger partial charge in [0.25, 0.3) is 0 Å². The van der Waals surface area contributed by atoms with E-state index < -0.39 is 0 Å². The average Bonchev–Trinajstić information content (AvgIpc) is 3.33. The maximum Gasteiger partial charge on any atom is 0.229 e. The minimum atomic E-state index is 0.0359. The molecule has 3 aromatic heterocycles. The fourth-order valence-corrected chi connectivity index (χ4v) is 4.44. The van der Waals surface area contributed by atoms with Crippen molar-refractivity contribution in [2.24, 2.45) is 12.8 Å². The van der Waals surface area contributed by atoms with Crippen molar-refractivity contribution in [3.63, 3.8) is 0 Å². The first-order valence-corrected chi connectivity index (χ1v) is 12.0. The number of aryl methyl sites for hydroxylation is 2. The molecule has 8 nitrogen and oxygen atoms in total. The summed E-state index contributed by atoms with van der Waals surface area (Å²) in [4.78, 5) is 8.86. The second kappa shape index (κ2) is 10.5. The van der Waals surface area contributed by atoms with Crippen LogP contribution in [0.15, 0.2) is 36.7 Å². The van der Waals surface area contributed by atoms with Crippen LogP contribution in [0, 0.1) is 13.8 Å². The lowest BCUT2D eigenvalue weighted by molar-refractivity contribution is 0.130. The second-order valence-corrected chi connectivity index (χ2v) is 9.11. The van der Waals surface area contributed by atoms with Crippen molar-refractivity contribution in [2.45, 2.75) is 58.6 Å². The molecule has 3 heterocycles. The number of halogens is 1. The van der Waals surface area contributed by atoms with Crippen molar-refractivity contribution in [3.05, 3.63) is 58.6 Å². The smallest absolute Gasteiger partial charge is 0.229 e. The zero-order valence-corrected chi connectivity index (χ0v) is 20.7. The normalized spacial score (nSPS) is 14.2. The van der Waals surface area contributed by atoms with Gasteiger partial charge in [-0.05, 0) is 44.9 Å². The molecule has 0 atom stereocenters. The molecule has 4 aromatic rings. The third kappa shape index (κ3) is 5.24. The maximum absolute atomic E-state index is 8.91. The summed E-state index contributed by atoms with van der Waals surface area (Å²) in [6.45, 7) is 4.38. The number of nitrogens with one attached hydrogen (secondary N) is 1. The zero-order chi connectivity index (χ0) is 24.2. The summed E-state index contributed by atoms with van der Waals surface area (Å²) in [5.74, 6) is 1.16. The highest BCUT2D eigenvalue weighted by Gasteiger charge is 2.12. The predicted octanol–water partition coefficient (Wildman–Crippen LogP) is 4.94. The Morgan fingerprint density at radius 2 is 1.94 bits per heavy atom. The number of aliphatic hydroxyl groups excluding tert-OH is 1. The fraction of sp³-hybridized carbons (Fsp3) is 0.400. The Labute approximate surface area is 204 Å². The summed E-state index contributed by atoms with van der Waals surface area (Å²) < 4.78 is 3.79. The summed E-state index contributed by atoms with van der Waals surface area (Å²) >= 11 is 6.46. The SMILES string of the molecule is Cc1nn(-c2ccnc(Nc3ccc4c(c3)c(Cl)c(C)n4C)n2)cc1CN.OC1CCCCC1. The number of nitrogens with zero attached hydrogens (tertiary/aromatic N) is 5. The number of anilines is 2. The van der Waals surface area contributed by atoms with Crippen LogP contribution in [0.2, 0.25) is 5.02 Å². The van der Waals surface area contributed by atoms with Gasteiger partial charge in [-0.1, -0.05) is 30.9 Å². The lowest BCUT2D eigenvalue weighted by Gasteiger charge is -2.14. The molecule has 0 amide bonds. The number of benzene rings is 1. The third-order valence-electron chi connectivity index (χ3n) is 6.34. The van der Waals surface area contributed by atoms with Gasteiger partial charge >= 0.3 is 0 Å². The topological polar surface area (TPSA) is 107 Å². The van der Waals surface area contributed by atoms with Gasteiger partial charge < -0.3 is 20.7 Å². The number of aliphatic hydroxyl groups is 1. The Morgan fingerprint density at radius 3 is 2.59 bits per heavy atom. The van der Waals surface area contributed by atoms with Gasteiger partial charge in [-0.25, -0.2) is 9.67 Å². The molecule has 0 unspecified atom stereocenters. The van der Waals surface area contributed by atoms with Crippen molar-refractivity contribution < 1.29 is 5.11 Å². The van der Waals surface area contributed by atoms with E-state index in [1.54, 1.807) is 16.9 Å². The molecule has 1 saturated carbocycles. The van der Waals surface area contributed by atoms with Crippen LogP contribution in [0.4, 0.5) is 11.6 Å². The Bertz CT molecular complexity index is 1270. The van der Waals surface area contributed by atoms with E-state index in [4.69, 9.17) is 22.4 Å². The van der Waals surface area contributed by atoms with Crippen LogP contribution in [0.5, 0.6) is 0 Å². The minimum absolute atomic E-state index is 0.0359. The highest BCUT2D eigenvalue weighted by molar-refractivity contribution is 6.36. The van der Waals surface area contributed by atoms with Crippen molar-refractivity contribution in [2.75, 3.05) is 5.32 Å². The van der Waals surface area contributed by atoms with E-state index >= 15 is 0 Å². The predicted molar refractivity (Wildman–Crippen MR) is 137 cm³/mol. The van der Waals surface area contributed by atoms with Gasteiger partial charge in [0, 0.05) is 59.9 Å². The molecule has 0 spiro atoms. The van der Waals surface area contributed by atoms with Crippen LogP contribution < -0.4 is 11.1 Å². The van der Waals surface area contributed by atoms with E-state index in [1.165, 1.54) is 19.3 Å². The Hall–Kier alpha value is -2.94. The molecular formula is C25H32ClN7O. The van der Waals surface area contributed by atoms with Gasteiger partial charge in [-0.2, -0.15) is 10.1 Å². The molecule has 4 N–H and O–H groups in total. The first-order valence-electron chi connectivity index (χ1n) is 11.7. The molecule has 5 rings (SSSR count). The van der Waals surface area contributed by atoms with Crippen LogP contribution in [-0.2, 0) is 13.6 Å². The molecular weight excluding hydrogens is 450 g/mol. The van der Waals surface area contributed by atoms with E-state index in [0.717, 1.165) is 51.4 Å². The first-order chi connectivity index (χ1) is 16.4. The molecule has 1 aliphatic rings. The average molecular weight is 482 g/mol. The number of hydrogen-bond donors (Lipinski definition) is 3. The van der Waals surface area contributed by atoms with Crippen molar-refractivity contribution in [1.82, 2.24) is 24.3 Å². The van der Waals surface area contributed by atoms with Gasteiger partial charge in [0.2, 0.25) is 5.95 Å². The monoisotopic (exact) mass is 481 g/mol. The lowest BCUT2D eigenvalue weighted by atomic mass is 9.98. The van der Waals surface area contributed by atoms with Crippen molar-refractivity contribution in [1.29, 1.82) is 0 Å². The highest BCUT2D eigenvalue weighted by atomic mass is 35.5. The largest absolute Gasteiger partial charge is 0.393 e. The molecule has 34 heavy (non-hydrogen) atoms. The fourth-order valence-electron chi connectivity index (χ4n) is 4.17. The van der Waals surface area contributed by atoms with Crippen LogP contribution in [0.25, 0.3) is 16.7 Å². The van der Waals surface area contributed by atoms with Gasteiger partial charge in [0.1, 0.15) is 0 Å². The Kier molecular flexibility index (Phi) is 7.50. The molecule has 0 bridgehead atoms. The second-order valence-electron chi connectivity index (χ2n) is 8.73. The van der Waals surface area contributed by atoms with E-state index in [2.05, 4.69) is 25.0 Å². The number of fused-ring (bicyclic) bond motifs is 1. The highest BCUT2D eigenvalue weighted by Crippen LogP contribution is 2.32. The van der Waals surface area contributed by atoms with Crippen molar-refractivity contribution >= 4 is 34.1 Å². The van der Waals surface area contributed by atoms with E-state index in [-0.39, 0.29) is 6.10 Å². The van der Waals surface area contributed by atoms with Gasteiger partial charge in [0.15, 0.2) is 5.82 Å². The van der Waals surface area contributed by atoms with Crippen LogP contribution in [0.3, 0.4) is 0 Å². The Balaban J connectivity index is 0.000000336. The lowest BCUT2D eigenvalue weighted by Crippen LogP contribution is -2.09. The number of nitrogens with two attached hydrogens (primary N) is 1. The minimum Gasteiger partial charge on any atom is -0.393 e. The molecule has 0 radical (unpaired) electrons. The van der Waals surface area contributed by atoms with Crippen LogP contribution in [0.1, 0.15) is 49.1 Å². The first kappa shape index (κ1) is 24.2. The quantitative estimate of drug-likeness (QED) is 0.381.